The van der Waals surface area contributed by atoms with Gasteiger partial charge < -0.3 is 9.64 Å². The van der Waals surface area contributed by atoms with Crippen molar-refractivity contribution in [3.8, 4) is 5.88 Å². The smallest absolute Gasteiger partial charge is 0.237 e. The minimum atomic E-state index is 0.712. The second-order valence-corrected chi connectivity index (χ2v) is 6.59. The Bertz CT molecular complexity index is 628. The van der Waals surface area contributed by atoms with E-state index < -0.39 is 0 Å². The Morgan fingerprint density at radius 3 is 2.90 bits per heavy atom. The Morgan fingerprint density at radius 1 is 1.24 bits per heavy atom. The van der Waals surface area contributed by atoms with Crippen LogP contribution in [0.15, 0.2) is 47.5 Å². The van der Waals surface area contributed by atoms with Crippen molar-refractivity contribution in [3.63, 3.8) is 0 Å². The second-order valence-electron chi connectivity index (χ2n) is 5.54. The molecule has 4 rings (SSSR count). The molecule has 1 saturated carbocycles. The highest BCUT2D eigenvalue weighted by Gasteiger charge is 2.33. The highest BCUT2D eigenvalue weighted by Crippen LogP contribution is 2.40. The molecule has 1 aliphatic heterocycles. The molecule has 3 nitrogen and oxygen atoms in total. The summed E-state index contributed by atoms with van der Waals surface area (Å²) in [6, 6.07) is 13.5. The van der Waals surface area contributed by atoms with Crippen LogP contribution in [0.3, 0.4) is 0 Å². The van der Waals surface area contributed by atoms with Crippen molar-refractivity contribution in [2.45, 2.75) is 29.5 Å². The lowest BCUT2D eigenvalue weighted by atomic mass is 10.2. The number of hydrogen-bond donors (Lipinski definition) is 0. The van der Waals surface area contributed by atoms with Crippen LogP contribution >= 0.6 is 11.8 Å². The van der Waals surface area contributed by atoms with E-state index in [0.29, 0.717) is 6.04 Å². The fraction of sp³-hybridized carbons (Fsp3) is 0.353. The van der Waals surface area contributed by atoms with Gasteiger partial charge >= 0.3 is 0 Å². The van der Waals surface area contributed by atoms with Crippen LogP contribution in [-0.2, 0) is 5.75 Å². The quantitative estimate of drug-likeness (QED) is 0.803. The van der Waals surface area contributed by atoms with Crippen molar-refractivity contribution in [2.75, 3.05) is 18.1 Å². The molecule has 2 heterocycles. The SMILES string of the molecule is c1ccc(CSc2cnc3c(c2)N(C2CC2)CCO3)cc1. The topological polar surface area (TPSA) is 25.4 Å². The zero-order valence-corrected chi connectivity index (χ0v) is 12.7. The first-order chi connectivity index (χ1) is 10.4. The minimum absolute atomic E-state index is 0.712. The minimum Gasteiger partial charge on any atom is -0.474 e. The van der Waals surface area contributed by atoms with E-state index in [4.69, 9.17) is 4.74 Å². The third kappa shape index (κ3) is 2.86. The van der Waals surface area contributed by atoms with E-state index in [1.54, 1.807) is 0 Å². The molecule has 0 N–H and O–H groups in total. The molecule has 1 aromatic heterocycles. The van der Waals surface area contributed by atoms with E-state index in [1.165, 1.54) is 29.0 Å². The largest absolute Gasteiger partial charge is 0.474 e. The molecule has 0 saturated heterocycles. The first-order valence-electron chi connectivity index (χ1n) is 7.46. The van der Waals surface area contributed by atoms with Gasteiger partial charge in [0.2, 0.25) is 5.88 Å². The van der Waals surface area contributed by atoms with Crippen molar-refractivity contribution in [1.29, 1.82) is 0 Å². The predicted molar refractivity (Wildman–Crippen MR) is 86.1 cm³/mol. The first kappa shape index (κ1) is 13.0. The Morgan fingerprint density at radius 2 is 2.10 bits per heavy atom. The molecule has 21 heavy (non-hydrogen) atoms. The third-order valence-electron chi connectivity index (χ3n) is 3.92. The number of aromatic nitrogens is 1. The molecule has 2 aromatic rings. The molecule has 0 unspecified atom stereocenters. The Labute approximate surface area is 129 Å². The summed E-state index contributed by atoms with van der Waals surface area (Å²) >= 11 is 1.84. The summed E-state index contributed by atoms with van der Waals surface area (Å²) in [5, 5.41) is 0. The first-order valence-corrected chi connectivity index (χ1v) is 8.45. The highest BCUT2D eigenvalue weighted by atomic mass is 32.2. The lowest BCUT2D eigenvalue weighted by molar-refractivity contribution is 0.294. The van der Waals surface area contributed by atoms with E-state index in [2.05, 4.69) is 46.3 Å². The van der Waals surface area contributed by atoms with Crippen LogP contribution in [0.5, 0.6) is 5.88 Å². The van der Waals surface area contributed by atoms with Gasteiger partial charge in [0.25, 0.3) is 0 Å². The summed E-state index contributed by atoms with van der Waals surface area (Å²) in [5.41, 5.74) is 2.53. The molecule has 0 atom stereocenters. The molecule has 4 heteroatoms. The predicted octanol–water partition coefficient (Wildman–Crippen LogP) is 3.74. The summed E-state index contributed by atoms with van der Waals surface area (Å²) in [6.45, 7) is 1.75. The van der Waals surface area contributed by atoms with Crippen molar-refractivity contribution >= 4 is 17.4 Å². The number of benzene rings is 1. The van der Waals surface area contributed by atoms with Crippen molar-refractivity contribution in [3.05, 3.63) is 48.2 Å². The summed E-state index contributed by atoms with van der Waals surface area (Å²) in [5.74, 6) is 1.78. The molecule has 0 spiro atoms. The van der Waals surface area contributed by atoms with Gasteiger partial charge in [-0.05, 0) is 24.5 Å². The normalized spacial score (nSPS) is 17.2. The van der Waals surface area contributed by atoms with Gasteiger partial charge in [0.05, 0.1) is 6.54 Å². The van der Waals surface area contributed by atoms with E-state index in [-0.39, 0.29) is 0 Å². The summed E-state index contributed by atoms with van der Waals surface area (Å²) in [4.78, 5) is 8.19. The maximum Gasteiger partial charge on any atom is 0.237 e. The second kappa shape index (κ2) is 5.60. The van der Waals surface area contributed by atoms with Crippen LogP contribution in [0.1, 0.15) is 18.4 Å². The highest BCUT2D eigenvalue weighted by molar-refractivity contribution is 7.98. The summed E-state index contributed by atoms with van der Waals surface area (Å²) in [6.07, 6.45) is 4.55. The number of anilines is 1. The molecule has 0 amide bonds. The maximum absolute atomic E-state index is 5.69. The number of thioether (sulfide) groups is 1. The van der Waals surface area contributed by atoms with Gasteiger partial charge in [0, 0.05) is 22.9 Å². The van der Waals surface area contributed by atoms with Gasteiger partial charge in [-0.3, -0.25) is 0 Å². The number of hydrogen-bond acceptors (Lipinski definition) is 4. The monoisotopic (exact) mass is 298 g/mol. The van der Waals surface area contributed by atoms with E-state index in [1.807, 2.05) is 18.0 Å². The number of nitrogens with zero attached hydrogens (tertiary/aromatic N) is 2. The lowest BCUT2D eigenvalue weighted by Crippen LogP contribution is -2.34. The maximum atomic E-state index is 5.69. The zero-order valence-electron chi connectivity index (χ0n) is 11.9. The Kier molecular flexibility index (Phi) is 3.47. The van der Waals surface area contributed by atoms with Crippen LogP contribution in [0.4, 0.5) is 5.69 Å². The zero-order chi connectivity index (χ0) is 14.1. The number of pyridine rings is 1. The number of ether oxygens (including phenoxy) is 1. The van der Waals surface area contributed by atoms with Crippen LogP contribution in [0.25, 0.3) is 0 Å². The van der Waals surface area contributed by atoms with Crippen LogP contribution in [0, 0.1) is 0 Å². The molecule has 1 aromatic carbocycles. The van der Waals surface area contributed by atoms with Crippen LogP contribution in [0.2, 0.25) is 0 Å². The Hall–Kier alpha value is -1.68. The average Bonchev–Trinajstić information content (AvgIpc) is 3.38. The van der Waals surface area contributed by atoms with Crippen LogP contribution < -0.4 is 9.64 Å². The van der Waals surface area contributed by atoms with E-state index in [0.717, 1.165) is 24.8 Å². The average molecular weight is 298 g/mol. The van der Waals surface area contributed by atoms with E-state index >= 15 is 0 Å². The van der Waals surface area contributed by atoms with Gasteiger partial charge in [-0.2, -0.15) is 0 Å². The Balaban J connectivity index is 1.52. The van der Waals surface area contributed by atoms with E-state index in [9.17, 15) is 0 Å². The van der Waals surface area contributed by atoms with Gasteiger partial charge in [-0.25, -0.2) is 4.98 Å². The fourth-order valence-electron chi connectivity index (χ4n) is 2.69. The molecule has 0 bridgehead atoms. The molecule has 1 fully saturated rings. The van der Waals surface area contributed by atoms with Crippen LogP contribution in [-0.4, -0.2) is 24.2 Å². The molecule has 1 aliphatic carbocycles. The van der Waals surface area contributed by atoms with Crippen molar-refractivity contribution in [2.24, 2.45) is 0 Å². The lowest BCUT2D eigenvalue weighted by Gasteiger charge is -2.30. The van der Waals surface area contributed by atoms with Crippen molar-refractivity contribution < 1.29 is 4.74 Å². The summed E-state index contributed by atoms with van der Waals surface area (Å²) < 4.78 is 5.69. The number of fused-ring (bicyclic) bond motifs is 1. The van der Waals surface area contributed by atoms with Gasteiger partial charge in [0.15, 0.2) is 0 Å². The molecular weight excluding hydrogens is 280 g/mol. The summed E-state index contributed by atoms with van der Waals surface area (Å²) in [7, 11) is 0. The molecule has 0 radical (unpaired) electrons. The van der Waals surface area contributed by atoms with Gasteiger partial charge in [-0.1, -0.05) is 30.3 Å². The van der Waals surface area contributed by atoms with Gasteiger partial charge in [0.1, 0.15) is 12.3 Å². The fourth-order valence-corrected chi connectivity index (χ4v) is 3.53. The van der Waals surface area contributed by atoms with Crippen molar-refractivity contribution in [1.82, 2.24) is 4.98 Å². The number of rotatable bonds is 4. The molecule has 2 aliphatic rings. The molecule has 108 valence electrons. The van der Waals surface area contributed by atoms with Gasteiger partial charge in [-0.15, -0.1) is 11.8 Å². The standard InChI is InChI=1S/C17H18N2OS/c1-2-4-13(5-3-1)12-21-15-10-16-17(18-11-15)20-9-8-19(16)14-6-7-14/h1-5,10-11,14H,6-9,12H2. The third-order valence-corrected chi connectivity index (χ3v) is 4.96. The molecular formula is C17H18N2OS.